The van der Waals surface area contributed by atoms with Crippen LogP contribution in [0, 0.1) is 0 Å². The minimum Gasteiger partial charge on any atom is -0.275 e. The van der Waals surface area contributed by atoms with Crippen LogP contribution in [0.2, 0.25) is 0 Å². The average Bonchev–Trinajstić information content (AvgIpc) is 1.38. The lowest BCUT2D eigenvalue weighted by atomic mass is 11.2. The van der Waals surface area contributed by atoms with Gasteiger partial charge in [-0.1, -0.05) is 0 Å². The van der Waals surface area contributed by atoms with Gasteiger partial charge in [-0.05, 0) is 0 Å². The van der Waals surface area contributed by atoms with Gasteiger partial charge in [-0.3, -0.25) is 5.43 Å². The lowest BCUT2D eigenvalue weighted by Crippen LogP contribution is -2.28. The Morgan fingerprint density at radius 2 is 2.20 bits per heavy atom. The van der Waals surface area contributed by atoms with Crippen molar-refractivity contribution in [3.63, 3.8) is 0 Å². The lowest BCUT2D eigenvalue weighted by Gasteiger charge is -1.79. The zero-order valence-corrected chi connectivity index (χ0v) is 2.49. The van der Waals surface area contributed by atoms with Crippen LogP contribution in [0.1, 0.15) is 0 Å². The fourth-order valence-electron chi connectivity index (χ4n) is 0. The van der Waals surface area contributed by atoms with Gasteiger partial charge < -0.3 is 0 Å². The van der Waals surface area contributed by atoms with Crippen molar-refractivity contribution in [2.75, 3.05) is 0 Å². The average molecular weight is 74.1 g/mol. The molecule has 0 bridgehead atoms. The summed E-state index contributed by atoms with van der Waals surface area (Å²) in [4.78, 5) is 9.24. The van der Waals surface area contributed by atoms with E-state index in [1.807, 2.05) is 0 Å². The zero-order chi connectivity index (χ0) is 4.28. The first-order valence-corrected chi connectivity index (χ1v) is 0.993. The molecule has 1 radical (unpaired) electrons. The summed E-state index contributed by atoms with van der Waals surface area (Å²) < 4.78 is 0. The van der Waals surface area contributed by atoms with Gasteiger partial charge in [0.2, 0.25) is 0 Å². The molecule has 0 unspecified atom stereocenters. The Kier molecular flexibility index (Phi) is 1.30. The molecule has 4 N–H and O–H groups in total. The second kappa shape index (κ2) is 1.54. The van der Waals surface area contributed by atoms with E-state index in [1.54, 1.807) is 5.43 Å². The molecule has 0 aliphatic rings. The van der Waals surface area contributed by atoms with E-state index in [2.05, 4.69) is 5.84 Å². The number of carbonyl (C=O) groups is 1. The fourth-order valence-corrected chi connectivity index (χ4v) is 0. The Morgan fingerprint density at radius 1 is 2.00 bits per heavy atom. The predicted molar refractivity (Wildman–Crippen MR) is 15.8 cm³/mol. The number of rotatable bonds is 0. The van der Waals surface area contributed by atoms with E-state index in [9.17, 15) is 4.79 Å². The van der Waals surface area contributed by atoms with Gasteiger partial charge in [0, 0.05) is 0 Å². The second-order valence-corrected chi connectivity index (χ2v) is 0.473. The molecule has 2 amide bonds. The minimum atomic E-state index is -0.968. The van der Waals surface area contributed by atoms with Gasteiger partial charge in [-0.2, -0.15) is 0 Å². The third-order valence-corrected chi connectivity index (χ3v) is 0.131. The van der Waals surface area contributed by atoms with Crippen LogP contribution in [0.15, 0.2) is 0 Å². The lowest BCUT2D eigenvalue weighted by molar-refractivity contribution is 0.248. The summed E-state index contributed by atoms with van der Waals surface area (Å²) >= 11 is 0. The minimum absolute atomic E-state index is 0.968. The van der Waals surface area contributed by atoms with E-state index < -0.39 is 6.03 Å². The molecule has 0 spiro atoms. The molecular formula is CH4N3O. The maximum absolute atomic E-state index is 9.24. The van der Waals surface area contributed by atoms with Crippen molar-refractivity contribution < 1.29 is 4.79 Å². The summed E-state index contributed by atoms with van der Waals surface area (Å²) in [6.07, 6.45) is 0. The van der Waals surface area contributed by atoms with Crippen molar-refractivity contribution in [3.05, 3.63) is 0 Å². The number of hydrogen-bond donors (Lipinski definition) is 2. The number of nitrogens with two attached hydrogens (primary N) is 1. The van der Waals surface area contributed by atoms with Crippen molar-refractivity contribution in [2.24, 2.45) is 5.84 Å². The number of hydrogen-bond acceptors (Lipinski definition) is 2. The molecular weight excluding hydrogens is 70.0 g/mol. The van der Waals surface area contributed by atoms with Gasteiger partial charge in [0.25, 0.3) is 0 Å². The summed E-state index contributed by atoms with van der Waals surface area (Å²) in [6.45, 7) is 0. The summed E-state index contributed by atoms with van der Waals surface area (Å²) in [7, 11) is 0. The van der Waals surface area contributed by atoms with Crippen molar-refractivity contribution >= 4 is 6.03 Å². The molecule has 0 fully saturated rings. The first-order valence-electron chi connectivity index (χ1n) is 0.993. The van der Waals surface area contributed by atoms with E-state index in [1.165, 1.54) is 0 Å². The highest BCUT2D eigenvalue weighted by Crippen LogP contribution is 1.40. The molecule has 0 saturated heterocycles. The molecule has 0 aromatic rings. The number of hydrazine groups is 1. The zero-order valence-electron chi connectivity index (χ0n) is 2.49. The van der Waals surface area contributed by atoms with Gasteiger partial charge in [0.05, 0.1) is 0 Å². The molecule has 0 aromatic carbocycles. The highest BCUT2D eigenvalue weighted by atomic mass is 16.2. The molecule has 0 atom stereocenters. The molecule has 0 heterocycles. The topological polar surface area (TPSA) is 78.9 Å². The highest BCUT2D eigenvalue weighted by molar-refractivity contribution is 5.69. The van der Waals surface area contributed by atoms with E-state index in [0.29, 0.717) is 0 Å². The molecule has 0 saturated carbocycles. The summed E-state index contributed by atoms with van der Waals surface area (Å²) in [5, 5.41) is 0. The largest absolute Gasteiger partial charge is 0.347 e. The van der Waals surface area contributed by atoms with Crippen LogP contribution < -0.4 is 17.0 Å². The molecule has 29 valence electrons. The van der Waals surface area contributed by atoms with Crippen LogP contribution in [0.25, 0.3) is 0 Å². The third kappa shape index (κ3) is 3.23. The van der Waals surface area contributed by atoms with E-state index >= 15 is 0 Å². The fraction of sp³-hybridized carbons (Fsp3) is 0. The Bertz CT molecular complexity index is 42.2. The molecule has 4 heteroatoms. The second-order valence-electron chi connectivity index (χ2n) is 0.473. The number of amides is 2. The maximum atomic E-state index is 9.24. The van der Waals surface area contributed by atoms with Crippen LogP contribution >= 0.6 is 0 Å². The van der Waals surface area contributed by atoms with Crippen LogP contribution in [-0.2, 0) is 0 Å². The summed E-state index contributed by atoms with van der Waals surface area (Å²) in [5.74, 6) is 4.38. The van der Waals surface area contributed by atoms with Crippen molar-refractivity contribution in [3.8, 4) is 0 Å². The SMILES string of the molecule is [NH]C(=O)NN. The van der Waals surface area contributed by atoms with Gasteiger partial charge in [-0.15, -0.1) is 0 Å². The van der Waals surface area contributed by atoms with Crippen LogP contribution in [0.3, 0.4) is 0 Å². The smallest absolute Gasteiger partial charge is 0.275 e. The first-order chi connectivity index (χ1) is 2.27. The molecule has 0 rings (SSSR count). The van der Waals surface area contributed by atoms with Crippen LogP contribution in [0.5, 0.6) is 0 Å². The summed E-state index contributed by atoms with van der Waals surface area (Å²) in [5.41, 5.74) is 7.51. The third-order valence-electron chi connectivity index (χ3n) is 0.131. The Balaban J connectivity index is 2.85. The van der Waals surface area contributed by atoms with E-state index in [-0.39, 0.29) is 0 Å². The Morgan fingerprint density at radius 3 is 2.20 bits per heavy atom. The van der Waals surface area contributed by atoms with Gasteiger partial charge in [0.1, 0.15) is 0 Å². The number of urea groups is 1. The molecule has 0 aromatic heterocycles. The van der Waals surface area contributed by atoms with Crippen molar-refractivity contribution in [1.82, 2.24) is 11.2 Å². The molecule has 0 aliphatic heterocycles. The van der Waals surface area contributed by atoms with Gasteiger partial charge in [-0.25, -0.2) is 16.4 Å². The number of carbonyl (C=O) groups excluding carboxylic acids is 1. The predicted octanol–water partition coefficient (Wildman–Crippen LogP) is -1.15. The van der Waals surface area contributed by atoms with E-state index in [4.69, 9.17) is 5.73 Å². The Labute approximate surface area is 29.1 Å². The molecule has 5 heavy (non-hydrogen) atoms. The van der Waals surface area contributed by atoms with E-state index in [0.717, 1.165) is 0 Å². The quantitative estimate of drug-likeness (QED) is 0.216. The maximum Gasteiger partial charge on any atom is 0.347 e. The molecule has 4 nitrogen and oxygen atoms in total. The monoisotopic (exact) mass is 74.0 g/mol. The van der Waals surface area contributed by atoms with Gasteiger partial charge >= 0.3 is 6.03 Å². The van der Waals surface area contributed by atoms with Crippen LogP contribution in [0.4, 0.5) is 4.79 Å². The van der Waals surface area contributed by atoms with Gasteiger partial charge in [0.15, 0.2) is 0 Å². The number of nitrogens with one attached hydrogen (secondary N) is 2. The summed E-state index contributed by atoms with van der Waals surface area (Å²) in [6, 6.07) is -0.968. The standard InChI is InChI=1S/CH4N3O/c2-1(5)4-3/h2H,3H2,(H,4,5). The van der Waals surface area contributed by atoms with Crippen molar-refractivity contribution in [2.45, 2.75) is 0 Å². The molecule has 0 aliphatic carbocycles. The van der Waals surface area contributed by atoms with Crippen molar-refractivity contribution in [1.29, 1.82) is 0 Å². The van der Waals surface area contributed by atoms with Crippen LogP contribution in [-0.4, -0.2) is 6.03 Å². The highest BCUT2D eigenvalue weighted by Gasteiger charge is 1.75. The Hall–Kier alpha value is -0.770. The first kappa shape index (κ1) is 4.23. The normalized spacial score (nSPS) is 6.60.